The molecule has 5 aromatic rings. The van der Waals surface area contributed by atoms with Crippen LogP contribution in [0.1, 0.15) is 66.1 Å². The number of aromatic nitrogens is 2. The predicted molar refractivity (Wildman–Crippen MR) is 143 cm³/mol. The third kappa shape index (κ3) is 4.46. The molecular formula is C32H28N2O2. The Hall–Kier alpha value is -4.44. The summed E-state index contributed by atoms with van der Waals surface area (Å²) in [5.74, 6) is -0.234. The van der Waals surface area contributed by atoms with E-state index in [1.807, 2.05) is 116 Å². The summed E-state index contributed by atoms with van der Waals surface area (Å²) in [5, 5.41) is 0. The van der Waals surface area contributed by atoms with Gasteiger partial charge in [0.25, 0.3) is 0 Å². The number of ketones is 2. The maximum Gasteiger partial charge on any atom is 0.209 e. The smallest absolute Gasteiger partial charge is 0.209 e. The molecule has 0 spiro atoms. The molecule has 1 unspecified atom stereocenters. The highest BCUT2D eigenvalue weighted by molar-refractivity contribution is 6.08. The Morgan fingerprint density at radius 2 is 1.25 bits per heavy atom. The summed E-state index contributed by atoms with van der Waals surface area (Å²) in [6, 6.07) is 33.1. The van der Waals surface area contributed by atoms with Gasteiger partial charge in [-0.1, -0.05) is 90.0 Å². The maximum atomic E-state index is 13.3. The summed E-state index contributed by atoms with van der Waals surface area (Å²) in [6.45, 7) is 4.01. The number of hydrogen-bond donors (Lipinski definition) is 1. The fourth-order valence-electron chi connectivity index (χ4n) is 4.63. The van der Waals surface area contributed by atoms with Gasteiger partial charge in [-0.2, -0.15) is 0 Å². The first-order chi connectivity index (χ1) is 17.4. The molecule has 0 saturated heterocycles. The van der Waals surface area contributed by atoms with E-state index in [2.05, 4.69) is 17.1 Å². The van der Waals surface area contributed by atoms with E-state index in [9.17, 15) is 9.59 Å². The van der Waals surface area contributed by atoms with Crippen molar-refractivity contribution in [2.75, 3.05) is 0 Å². The number of hydrogen-bond acceptors (Lipinski definition) is 2. The molecule has 2 aromatic heterocycles. The van der Waals surface area contributed by atoms with Crippen LogP contribution in [0.3, 0.4) is 0 Å². The van der Waals surface area contributed by atoms with Crippen molar-refractivity contribution >= 4 is 11.6 Å². The summed E-state index contributed by atoms with van der Waals surface area (Å²) in [4.78, 5) is 29.8. The van der Waals surface area contributed by atoms with Crippen LogP contribution in [0.5, 0.6) is 0 Å². The molecule has 1 N–H and O–H groups in total. The minimum absolute atomic E-state index is 0.0164. The Labute approximate surface area is 211 Å². The minimum Gasteiger partial charge on any atom is -0.355 e. The molecule has 0 fully saturated rings. The van der Waals surface area contributed by atoms with Crippen molar-refractivity contribution in [2.24, 2.45) is 7.05 Å². The lowest BCUT2D eigenvalue weighted by molar-refractivity contribution is 0.102. The largest absolute Gasteiger partial charge is 0.355 e. The molecule has 0 radical (unpaired) electrons. The SMILES string of the molecule is Cc1ccc(C(=O)c2ccc(C(c3ccccc3)c3ccc(C(=O)c4ccc(C)cc4)n3C)[nH]2)cc1. The monoisotopic (exact) mass is 472 g/mol. The van der Waals surface area contributed by atoms with Gasteiger partial charge >= 0.3 is 0 Å². The van der Waals surface area contributed by atoms with Gasteiger partial charge in [0.1, 0.15) is 0 Å². The molecule has 4 nitrogen and oxygen atoms in total. The summed E-state index contributed by atoms with van der Waals surface area (Å²) in [6.07, 6.45) is 0. The van der Waals surface area contributed by atoms with Crippen molar-refractivity contribution in [3.8, 4) is 0 Å². The lowest BCUT2D eigenvalue weighted by Crippen LogP contribution is -2.13. The summed E-state index contributed by atoms with van der Waals surface area (Å²) < 4.78 is 1.96. The van der Waals surface area contributed by atoms with Gasteiger partial charge in [-0.3, -0.25) is 9.59 Å². The standard InChI is InChI=1S/C32H28N2O2/c1-21-9-13-24(14-10-21)31(35)27-18-17-26(33-27)30(23-7-5-4-6-8-23)28-19-20-29(34(28)3)32(36)25-15-11-22(2)12-16-25/h4-20,30,33H,1-3H3. The number of H-pyrrole nitrogens is 1. The van der Waals surface area contributed by atoms with Crippen LogP contribution in [0.4, 0.5) is 0 Å². The average molecular weight is 473 g/mol. The Morgan fingerprint density at radius 3 is 1.86 bits per heavy atom. The fraction of sp³-hybridized carbons (Fsp3) is 0.125. The lowest BCUT2D eigenvalue weighted by Gasteiger charge is -2.19. The molecule has 0 aliphatic heterocycles. The summed E-state index contributed by atoms with van der Waals surface area (Å²) in [7, 11) is 1.92. The highest BCUT2D eigenvalue weighted by Crippen LogP contribution is 2.33. The van der Waals surface area contributed by atoms with E-state index >= 15 is 0 Å². The van der Waals surface area contributed by atoms with Gasteiger partial charge in [0.2, 0.25) is 11.6 Å². The third-order valence-corrected chi connectivity index (χ3v) is 6.71. The summed E-state index contributed by atoms with van der Waals surface area (Å²) >= 11 is 0. The van der Waals surface area contributed by atoms with E-state index in [4.69, 9.17) is 0 Å². The number of nitrogens with one attached hydrogen (secondary N) is 1. The topological polar surface area (TPSA) is 54.9 Å². The van der Waals surface area contributed by atoms with Crippen LogP contribution in [0.15, 0.2) is 103 Å². The fourth-order valence-corrected chi connectivity index (χ4v) is 4.63. The molecule has 0 amide bonds. The average Bonchev–Trinajstić information content (AvgIpc) is 3.53. The van der Waals surface area contributed by atoms with Gasteiger partial charge < -0.3 is 9.55 Å². The molecule has 178 valence electrons. The number of benzene rings is 3. The Morgan fingerprint density at radius 1 is 0.667 bits per heavy atom. The zero-order valence-electron chi connectivity index (χ0n) is 20.7. The lowest BCUT2D eigenvalue weighted by atomic mass is 9.92. The molecular weight excluding hydrogens is 444 g/mol. The zero-order valence-corrected chi connectivity index (χ0v) is 20.7. The van der Waals surface area contributed by atoms with Crippen molar-refractivity contribution in [1.82, 2.24) is 9.55 Å². The van der Waals surface area contributed by atoms with Crippen LogP contribution in [-0.4, -0.2) is 21.1 Å². The summed E-state index contributed by atoms with van der Waals surface area (Å²) in [5.41, 5.74) is 7.64. The van der Waals surface area contributed by atoms with Crippen molar-refractivity contribution in [3.63, 3.8) is 0 Å². The van der Waals surface area contributed by atoms with Crippen LogP contribution >= 0.6 is 0 Å². The first-order valence-corrected chi connectivity index (χ1v) is 12.0. The normalized spacial score (nSPS) is 11.9. The van der Waals surface area contributed by atoms with Crippen molar-refractivity contribution in [3.05, 3.63) is 154 Å². The van der Waals surface area contributed by atoms with Gasteiger partial charge in [-0.25, -0.2) is 0 Å². The van der Waals surface area contributed by atoms with Gasteiger partial charge in [0, 0.05) is 29.6 Å². The van der Waals surface area contributed by atoms with Crippen LogP contribution in [-0.2, 0) is 7.05 Å². The molecule has 0 aliphatic carbocycles. The predicted octanol–water partition coefficient (Wildman–Crippen LogP) is 6.61. The third-order valence-electron chi connectivity index (χ3n) is 6.71. The highest BCUT2D eigenvalue weighted by Gasteiger charge is 2.25. The second-order valence-electron chi connectivity index (χ2n) is 9.26. The number of nitrogens with zero attached hydrogens (tertiary/aromatic N) is 1. The van der Waals surface area contributed by atoms with Crippen molar-refractivity contribution in [2.45, 2.75) is 19.8 Å². The van der Waals surface area contributed by atoms with Crippen LogP contribution in [0, 0.1) is 13.8 Å². The maximum absolute atomic E-state index is 13.3. The molecule has 0 bridgehead atoms. The van der Waals surface area contributed by atoms with Gasteiger partial charge in [-0.15, -0.1) is 0 Å². The van der Waals surface area contributed by atoms with Crippen LogP contribution in [0.2, 0.25) is 0 Å². The van der Waals surface area contributed by atoms with Crippen molar-refractivity contribution < 1.29 is 9.59 Å². The molecule has 0 aliphatic rings. The number of rotatable bonds is 7. The first-order valence-electron chi connectivity index (χ1n) is 12.0. The highest BCUT2D eigenvalue weighted by atomic mass is 16.1. The van der Waals surface area contributed by atoms with E-state index in [1.165, 1.54) is 0 Å². The molecule has 2 heterocycles. The van der Waals surface area contributed by atoms with Gasteiger partial charge in [0.05, 0.1) is 17.3 Å². The van der Waals surface area contributed by atoms with E-state index in [0.717, 1.165) is 28.1 Å². The first kappa shape index (κ1) is 23.3. The van der Waals surface area contributed by atoms with E-state index < -0.39 is 0 Å². The number of carbonyl (C=O) groups excluding carboxylic acids is 2. The Balaban J connectivity index is 1.54. The van der Waals surface area contributed by atoms with Crippen molar-refractivity contribution in [1.29, 1.82) is 0 Å². The molecule has 1 atom stereocenters. The van der Waals surface area contributed by atoms with Gasteiger partial charge in [0.15, 0.2) is 0 Å². The van der Waals surface area contributed by atoms with E-state index in [1.54, 1.807) is 0 Å². The zero-order chi connectivity index (χ0) is 25.2. The van der Waals surface area contributed by atoms with Crippen LogP contribution < -0.4 is 0 Å². The second kappa shape index (κ2) is 9.67. The number of carbonyl (C=O) groups is 2. The van der Waals surface area contributed by atoms with E-state index in [0.29, 0.717) is 22.5 Å². The Kier molecular flexibility index (Phi) is 6.26. The molecule has 0 saturated carbocycles. The molecule has 4 heteroatoms. The quantitative estimate of drug-likeness (QED) is 0.271. The number of aromatic amines is 1. The Bertz CT molecular complexity index is 1520. The molecule has 5 rings (SSSR count). The molecule has 36 heavy (non-hydrogen) atoms. The number of aryl methyl sites for hydroxylation is 2. The minimum atomic E-state index is -0.171. The molecule has 3 aromatic carbocycles. The van der Waals surface area contributed by atoms with Gasteiger partial charge in [-0.05, 0) is 43.7 Å². The van der Waals surface area contributed by atoms with E-state index in [-0.39, 0.29) is 17.5 Å². The second-order valence-corrected chi connectivity index (χ2v) is 9.26. The van der Waals surface area contributed by atoms with Crippen LogP contribution in [0.25, 0.3) is 0 Å².